The summed E-state index contributed by atoms with van der Waals surface area (Å²) < 4.78 is 31.6. The van der Waals surface area contributed by atoms with Gasteiger partial charge in [0.2, 0.25) is 5.89 Å². The molecule has 0 atom stereocenters. The van der Waals surface area contributed by atoms with Gasteiger partial charge < -0.3 is 10.3 Å². The van der Waals surface area contributed by atoms with Gasteiger partial charge in [-0.05, 0) is 31.4 Å². The topological polar surface area (TPSA) is 123 Å². The zero-order valence-electron chi connectivity index (χ0n) is 12.6. The van der Waals surface area contributed by atoms with E-state index >= 15 is 0 Å². The number of sulfonamides is 1. The van der Waals surface area contributed by atoms with E-state index in [2.05, 4.69) is 19.9 Å². The number of fused-ring (bicyclic) bond motifs is 1. The quantitative estimate of drug-likeness (QED) is 0.833. The maximum Gasteiger partial charge on any atom is 0.263 e. The van der Waals surface area contributed by atoms with Gasteiger partial charge in [0.05, 0.1) is 10.4 Å². The van der Waals surface area contributed by atoms with Crippen LogP contribution in [0.4, 0.5) is 0 Å². The van der Waals surface area contributed by atoms with Crippen LogP contribution in [0.3, 0.4) is 0 Å². The fourth-order valence-corrected chi connectivity index (χ4v) is 3.95. The molecule has 1 aromatic carbocycles. The normalized spacial score (nSPS) is 21.5. The number of nitrogens with zero attached hydrogens (tertiary/aromatic N) is 3. The summed E-state index contributed by atoms with van der Waals surface area (Å²) in [7, 11) is -3.54. The van der Waals surface area contributed by atoms with Gasteiger partial charge in [-0.1, -0.05) is 17.3 Å². The van der Waals surface area contributed by atoms with Gasteiger partial charge in [-0.15, -0.1) is 12.4 Å². The van der Waals surface area contributed by atoms with E-state index in [-0.39, 0.29) is 29.7 Å². The highest BCUT2D eigenvalue weighted by atomic mass is 35.5. The molecule has 1 aliphatic heterocycles. The van der Waals surface area contributed by atoms with Crippen LogP contribution in [0.5, 0.6) is 0 Å². The Kier molecular flexibility index (Phi) is 4.10. The molecule has 3 N–H and O–H groups in total. The molecule has 1 fully saturated rings. The van der Waals surface area contributed by atoms with E-state index in [1.54, 1.807) is 24.3 Å². The van der Waals surface area contributed by atoms with E-state index in [0.29, 0.717) is 17.3 Å². The molecule has 4 rings (SSSR count). The second-order valence-corrected chi connectivity index (χ2v) is 7.44. The molecule has 0 saturated heterocycles. The Balaban J connectivity index is 0.00000169. The van der Waals surface area contributed by atoms with E-state index in [4.69, 9.17) is 10.3 Å². The van der Waals surface area contributed by atoms with Crippen molar-refractivity contribution in [3.05, 3.63) is 41.5 Å². The van der Waals surface area contributed by atoms with E-state index in [0.717, 1.165) is 19.3 Å². The molecule has 0 unspecified atom stereocenters. The van der Waals surface area contributed by atoms with Gasteiger partial charge in [-0.3, -0.25) is 9.71 Å². The van der Waals surface area contributed by atoms with Crippen molar-refractivity contribution >= 4 is 28.3 Å². The van der Waals surface area contributed by atoms with Crippen LogP contribution in [0.25, 0.3) is 0 Å². The molecule has 2 heterocycles. The summed E-state index contributed by atoms with van der Waals surface area (Å²) in [5.41, 5.74) is 6.20. The Morgan fingerprint density at radius 2 is 2.08 bits per heavy atom. The summed E-state index contributed by atoms with van der Waals surface area (Å²) in [6.07, 6.45) is 2.74. The minimum Gasteiger partial charge on any atom is -0.337 e. The molecule has 0 amide bonds. The first-order valence-electron chi connectivity index (χ1n) is 7.27. The van der Waals surface area contributed by atoms with Crippen LogP contribution in [0.15, 0.2) is 38.7 Å². The van der Waals surface area contributed by atoms with Gasteiger partial charge in [0.15, 0.2) is 5.82 Å². The second-order valence-electron chi connectivity index (χ2n) is 5.79. The van der Waals surface area contributed by atoms with Crippen molar-refractivity contribution in [3.8, 4) is 0 Å². The van der Waals surface area contributed by atoms with Crippen molar-refractivity contribution in [1.82, 2.24) is 14.9 Å². The third-order valence-corrected chi connectivity index (χ3v) is 5.59. The van der Waals surface area contributed by atoms with Gasteiger partial charge in [0.25, 0.3) is 10.0 Å². The summed E-state index contributed by atoms with van der Waals surface area (Å²) in [6, 6.07) is 6.68. The zero-order valence-corrected chi connectivity index (χ0v) is 14.2. The Hall–Kier alpha value is -1.97. The van der Waals surface area contributed by atoms with Crippen molar-refractivity contribution < 1.29 is 12.9 Å². The standard InChI is InChI=1S/C14H15N5O3S.ClH/c15-14(6-3-7-14)13-17-11(22-18-13)8-16-12-9-4-1-2-5-10(9)23(20,21)19-12;/h1-2,4-5H,3,6-8,15H2,(H,16,19);1H. The summed E-state index contributed by atoms with van der Waals surface area (Å²) >= 11 is 0. The molecule has 0 bridgehead atoms. The molecule has 24 heavy (non-hydrogen) atoms. The van der Waals surface area contributed by atoms with Crippen LogP contribution in [0, 0.1) is 0 Å². The van der Waals surface area contributed by atoms with Crippen LogP contribution in [0.2, 0.25) is 0 Å². The van der Waals surface area contributed by atoms with Crippen molar-refractivity contribution in [2.24, 2.45) is 10.7 Å². The van der Waals surface area contributed by atoms with Crippen LogP contribution >= 0.6 is 12.4 Å². The number of hydrogen-bond acceptors (Lipinski definition) is 7. The number of aliphatic imine (C=N–C) groups is 1. The molecule has 10 heteroatoms. The number of nitrogens with two attached hydrogens (primary N) is 1. The molecular weight excluding hydrogens is 354 g/mol. The second kappa shape index (κ2) is 5.83. The molecular formula is C14H16ClN5O3S. The van der Waals surface area contributed by atoms with Crippen molar-refractivity contribution in [3.63, 3.8) is 0 Å². The zero-order chi connectivity index (χ0) is 16.1. The van der Waals surface area contributed by atoms with Crippen LogP contribution < -0.4 is 10.5 Å². The number of rotatable bonds is 3. The lowest BCUT2D eigenvalue weighted by molar-refractivity contribution is 0.229. The van der Waals surface area contributed by atoms with E-state index < -0.39 is 15.6 Å². The first-order valence-corrected chi connectivity index (χ1v) is 8.75. The number of nitrogens with one attached hydrogen (secondary N) is 1. The van der Waals surface area contributed by atoms with Gasteiger partial charge in [0.1, 0.15) is 12.4 Å². The number of hydrogen-bond donors (Lipinski definition) is 2. The van der Waals surface area contributed by atoms with Gasteiger partial charge in [-0.2, -0.15) is 4.98 Å². The largest absolute Gasteiger partial charge is 0.337 e. The predicted molar refractivity (Wildman–Crippen MR) is 88.3 cm³/mol. The third kappa shape index (κ3) is 2.68. The lowest BCUT2D eigenvalue weighted by Crippen LogP contribution is -2.44. The van der Waals surface area contributed by atoms with Gasteiger partial charge in [0, 0.05) is 5.56 Å². The smallest absolute Gasteiger partial charge is 0.263 e. The van der Waals surface area contributed by atoms with E-state index in [1.165, 1.54) is 0 Å². The van der Waals surface area contributed by atoms with Crippen molar-refractivity contribution in [2.45, 2.75) is 36.2 Å². The molecule has 1 saturated carbocycles. The molecule has 2 aromatic rings. The molecule has 128 valence electrons. The molecule has 8 nitrogen and oxygen atoms in total. The van der Waals surface area contributed by atoms with Gasteiger partial charge in [-0.25, -0.2) is 8.42 Å². The minimum atomic E-state index is -3.54. The Morgan fingerprint density at radius 1 is 1.33 bits per heavy atom. The SMILES string of the molecule is Cl.NC1(c2noc(CN=C3NS(=O)(=O)c4ccccc43)n2)CCC1. The maximum absolute atomic E-state index is 12.0. The summed E-state index contributed by atoms with van der Waals surface area (Å²) in [4.78, 5) is 8.75. The number of amidine groups is 1. The van der Waals surface area contributed by atoms with Crippen LogP contribution in [0.1, 0.15) is 36.5 Å². The molecule has 1 aliphatic carbocycles. The monoisotopic (exact) mass is 369 g/mol. The highest BCUT2D eigenvalue weighted by Crippen LogP contribution is 2.36. The molecule has 0 spiro atoms. The lowest BCUT2D eigenvalue weighted by atomic mass is 9.77. The summed E-state index contributed by atoms with van der Waals surface area (Å²) in [5.74, 6) is 1.09. The summed E-state index contributed by atoms with van der Waals surface area (Å²) in [6.45, 7) is 0.0925. The third-order valence-electron chi connectivity index (χ3n) is 4.19. The van der Waals surface area contributed by atoms with E-state index in [1.807, 2.05) is 0 Å². The summed E-state index contributed by atoms with van der Waals surface area (Å²) in [5, 5.41) is 3.91. The lowest BCUT2D eigenvalue weighted by Gasteiger charge is -2.34. The maximum atomic E-state index is 12.0. The van der Waals surface area contributed by atoms with Crippen LogP contribution in [-0.2, 0) is 22.1 Å². The van der Waals surface area contributed by atoms with Crippen molar-refractivity contribution in [1.29, 1.82) is 0 Å². The average Bonchev–Trinajstić information content (AvgIpc) is 3.07. The molecule has 2 aliphatic rings. The highest BCUT2D eigenvalue weighted by molar-refractivity contribution is 7.90. The van der Waals surface area contributed by atoms with Crippen LogP contribution in [-0.4, -0.2) is 24.4 Å². The Labute approximate surface area is 145 Å². The number of halogens is 1. The average molecular weight is 370 g/mol. The Bertz CT molecular complexity index is 905. The fourth-order valence-electron chi connectivity index (χ4n) is 2.70. The molecule has 1 aromatic heterocycles. The predicted octanol–water partition coefficient (Wildman–Crippen LogP) is 1.07. The Morgan fingerprint density at radius 3 is 2.79 bits per heavy atom. The first-order chi connectivity index (χ1) is 11.0. The first kappa shape index (κ1) is 16.9. The van der Waals surface area contributed by atoms with Crippen molar-refractivity contribution in [2.75, 3.05) is 0 Å². The fraction of sp³-hybridized carbons (Fsp3) is 0.357. The minimum absolute atomic E-state index is 0. The highest BCUT2D eigenvalue weighted by Gasteiger charge is 2.39. The van der Waals surface area contributed by atoms with Gasteiger partial charge >= 0.3 is 0 Å². The number of benzene rings is 1. The number of aromatic nitrogens is 2. The molecule has 0 radical (unpaired) electrons. The van der Waals surface area contributed by atoms with E-state index in [9.17, 15) is 8.42 Å².